The summed E-state index contributed by atoms with van der Waals surface area (Å²) in [6.07, 6.45) is 1.55. The predicted octanol–water partition coefficient (Wildman–Crippen LogP) is 0.452. The van der Waals surface area contributed by atoms with E-state index >= 15 is 0 Å². The highest BCUT2D eigenvalue weighted by molar-refractivity contribution is 5.82. The van der Waals surface area contributed by atoms with Crippen LogP contribution in [0.5, 0.6) is 0 Å². The van der Waals surface area contributed by atoms with Gasteiger partial charge in [-0.3, -0.25) is 19.1 Å². The quantitative estimate of drug-likeness (QED) is 0.854. The van der Waals surface area contributed by atoms with Crippen LogP contribution in [-0.2, 0) is 11.3 Å². The molecule has 0 aliphatic carbocycles. The second-order valence-corrected chi connectivity index (χ2v) is 6.76. The lowest BCUT2D eigenvalue weighted by molar-refractivity contribution is -0.137. The van der Waals surface area contributed by atoms with Crippen LogP contribution in [0.25, 0.3) is 10.9 Å². The maximum absolute atomic E-state index is 12.7. The Morgan fingerprint density at radius 2 is 2.04 bits per heavy atom. The number of rotatable bonds is 3. The monoisotopic (exact) mass is 331 g/mol. The zero-order valence-electron chi connectivity index (χ0n) is 13.8. The number of aliphatic hydroxyl groups is 1. The second kappa shape index (κ2) is 5.90. The number of likely N-dealkylation sites (tertiary alicyclic amines) is 1. The fraction of sp³-hybridized carbons (Fsp3) is 0.471. The van der Waals surface area contributed by atoms with Crippen molar-refractivity contribution < 1.29 is 9.90 Å². The number of hydrogen-bond acceptors (Lipinski definition) is 4. The van der Waals surface area contributed by atoms with Gasteiger partial charge in [0.2, 0.25) is 5.91 Å². The van der Waals surface area contributed by atoms with Crippen LogP contribution in [0.4, 0.5) is 0 Å². The van der Waals surface area contributed by atoms with E-state index in [4.69, 9.17) is 0 Å². The number of amides is 1. The van der Waals surface area contributed by atoms with E-state index in [-0.39, 0.29) is 18.5 Å². The summed E-state index contributed by atoms with van der Waals surface area (Å²) >= 11 is 0. The molecule has 1 saturated heterocycles. The summed E-state index contributed by atoms with van der Waals surface area (Å²) in [4.78, 5) is 40.6. The van der Waals surface area contributed by atoms with Gasteiger partial charge in [0.05, 0.1) is 22.5 Å². The molecule has 2 heterocycles. The van der Waals surface area contributed by atoms with Crippen LogP contribution in [0.1, 0.15) is 26.7 Å². The molecule has 7 heteroatoms. The first-order valence-corrected chi connectivity index (χ1v) is 8.03. The lowest BCUT2D eigenvalue weighted by atomic mass is 9.96. The molecule has 1 aliphatic rings. The van der Waals surface area contributed by atoms with E-state index in [1.54, 1.807) is 43.0 Å². The van der Waals surface area contributed by atoms with Crippen molar-refractivity contribution in [1.82, 2.24) is 14.5 Å². The molecule has 7 nitrogen and oxygen atoms in total. The second-order valence-electron chi connectivity index (χ2n) is 6.76. The molecule has 1 unspecified atom stereocenters. The van der Waals surface area contributed by atoms with Crippen LogP contribution in [-0.4, -0.2) is 43.7 Å². The molecular weight excluding hydrogens is 310 g/mol. The van der Waals surface area contributed by atoms with Crippen LogP contribution < -0.4 is 11.2 Å². The Morgan fingerprint density at radius 3 is 2.75 bits per heavy atom. The molecule has 1 amide bonds. The number of carbonyl (C=O) groups is 1. The maximum atomic E-state index is 12.7. The van der Waals surface area contributed by atoms with Crippen molar-refractivity contribution in [1.29, 1.82) is 0 Å². The molecule has 0 radical (unpaired) electrons. The molecule has 2 N–H and O–H groups in total. The highest BCUT2D eigenvalue weighted by Crippen LogP contribution is 2.27. The zero-order valence-corrected chi connectivity index (χ0v) is 13.8. The van der Waals surface area contributed by atoms with Crippen LogP contribution in [0.2, 0.25) is 0 Å². The zero-order chi connectivity index (χ0) is 17.5. The minimum atomic E-state index is -0.996. The number of hydrogen-bond donors (Lipinski definition) is 2. The summed E-state index contributed by atoms with van der Waals surface area (Å²) in [5, 5.41) is 10.6. The molecule has 0 spiro atoms. The third kappa shape index (κ3) is 2.87. The van der Waals surface area contributed by atoms with Crippen LogP contribution in [0.15, 0.2) is 33.9 Å². The van der Waals surface area contributed by atoms with Gasteiger partial charge in [-0.05, 0) is 38.8 Å². The van der Waals surface area contributed by atoms with E-state index in [9.17, 15) is 19.5 Å². The highest BCUT2D eigenvalue weighted by Gasteiger charge is 2.38. The first kappa shape index (κ1) is 16.4. The molecule has 1 aromatic heterocycles. The van der Waals surface area contributed by atoms with Crippen LogP contribution >= 0.6 is 0 Å². The molecule has 3 rings (SSSR count). The van der Waals surface area contributed by atoms with Crippen molar-refractivity contribution in [3.63, 3.8) is 0 Å². The lowest BCUT2D eigenvalue weighted by Gasteiger charge is -2.34. The minimum absolute atomic E-state index is 0.164. The van der Waals surface area contributed by atoms with Crippen molar-refractivity contribution in [3.8, 4) is 0 Å². The normalized spacial score (nSPS) is 18.3. The minimum Gasteiger partial charge on any atom is -0.388 e. The third-order valence-corrected chi connectivity index (χ3v) is 4.59. The number of aromatic amines is 1. The summed E-state index contributed by atoms with van der Waals surface area (Å²) in [6, 6.07) is 6.42. The number of H-pyrrole nitrogens is 1. The van der Waals surface area contributed by atoms with Gasteiger partial charge < -0.3 is 10.0 Å². The van der Waals surface area contributed by atoms with Crippen molar-refractivity contribution in [2.45, 2.75) is 44.9 Å². The smallest absolute Gasteiger partial charge is 0.329 e. The molecule has 1 aliphatic heterocycles. The molecule has 1 fully saturated rings. The lowest BCUT2D eigenvalue weighted by Crippen LogP contribution is -2.49. The number of nitrogens with zero attached hydrogens (tertiary/aromatic N) is 2. The van der Waals surface area contributed by atoms with Crippen molar-refractivity contribution in [3.05, 3.63) is 45.1 Å². The summed E-state index contributed by atoms with van der Waals surface area (Å²) in [5.41, 5.74) is -1.64. The van der Waals surface area contributed by atoms with Gasteiger partial charge in [-0.15, -0.1) is 0 Å². The molecule has 24 heavy (non-hydrogen) atoms. The average Bonchev–Trinajstić information content (AvgIpc) is 3.01. The van der Waals surface area contributed by atoms with Gasteiger partial charge in [-0.1, -0.05) is 12.1 Å². The van der Waals surface area contributed by atoms with Gasteiger partial charge in [0.25, 0.3) is 5.56 Å². The molecular formula is C17H21N3O4. The van der Waals surface area contributed by atoms with Gasteiger partial charge in [0.1, 0.15) is 6.54 Å². The Morgan fingerprint density at radius 1 is 1.33 bits per heavy atom. The molecule has 1 atom stereocenters. The van der Waals surface area contributed by atoms with Gasteiger partial charge in [0.15, 0.2) is 0 Å². The predicted molar refractivity (Wildman–Crippen MR) is 89.9 cm³/mol. The van der Waals surface area contributed by atoms with Crippen molar-refractivity contribution in [2.24, 2.45) is 0 Å². The number of nitrogens with one attached hydrogen (secondary N) is 1. The standard InChI is InChI=1S/C17H21N3O4/c1-17(2,24)13-8-5-9-19(13)14(21)10-20-12-7-4-3-6-11(12)15(22)18-16(20)23/h3-4,6-7,13,24H,5,8-10H2,1-2H3,(H,18,22,23). The highest BCUT2D eigenvalue weighted by atomic mass is 16.3. The Hall–Kier alpha value is -2.41. The fourth-order valence-corrected chi connectivity index (χ4v) is 3.43. The maximum Gasteiger partial charge on any atom is 0.329 e. The Bertz CT molecular complexity index is 891. The summed E-state index contributed by atoms with van der Waals surface area (Å²) < 4.78 is 1.28. The van der Waals surface area contributed by atoms with E-state index in [1.165, 1.54) is 4.57 Å². The van der Waals surface area contributed by atoms with Crippen LogP contribution in [0, 0.1) is 0 Å². The molecule has 2 aromatic rings. The van der Waals surface area contributed by atoms with E-state index in [0.29, 0.717) is 17.4 Å². The van der Waals surface area contributed by atoms with E-state index in [2.05, 4.69) is 4.98 Å². The first-order valence-electron chi connectivity index (χ1n) is 8.03. The molecule has 0 bridgehead atoms. The number of fused-ring (bicyclic) bond motifs is 1. The van der Waals surface area contributed by atoms with E-state index in [0.717, 1.165) is 12.8 Å². The largest absolute Gasteiger partial charge is 0.388 e. The first-order chi connectivity index (χ1) is 11.3. The average molecular weight is 331 g/mol. The number of carbonyl (C=O) groups excluding carboxylic acids is 1. The topological polar surface area (TPSA) is 95.4 Å². The SMILES string of the molecule is CC(C)(O)C1CCCN1C(=O)Cn1c(=O)[nH]c(=O)c2ccccc21. The molecule has 0 saturated carbocycles. The van der Waals surface area contributed by atoms with Crippen LogP contribution in [0.3, 0.4) is 0 Å². The van der Waals surface area contributed by atoms with Gasteiger partial charge in [0, 0.05) is 6.54 Å². The third-order valence-electron chi connectivity index (χ3n) is 4.59. The molecule has 1 aromatic carbocycles. The number of benzene rings is 1. The number of para-hydroxylation sites is 1. The summed E-state index contributed by atoms with van der Waals surface area (Å²) in [6.45, 7) is 3.77. The van der Waals surface area contributed by atoms with E-state index < -0.39 is 16.9 Å². The molecule has 128 valence electrons. The summed E-state index contributed by atoms with van der Waals surface area (Å²) in [7, 11) is 0. The Labute approximate surface area is 138 Å². The van der Waals surface area contributed by atoms with Crippen molar-refractivity contribution in [2.75, 3.05) is 6.54 Å². The van der Waals surface area contributed by atoms with Crippen molar-refractivity contribution >= 4 is 16.8 Å². The Kier molecular flexibility index (Phi) is 4.04. The summed E-state index contributed by atoms with van der Waals surface area (Å²) in [5.74, 6) is -0.237. The number of aromatic nitrogens is 2. The van der Waals surface area contributed by atoms with Gasteiger partial charge in [-0.25, -0.2) is 4.79 Å². The van der Waals surface area contributed by atoms with Gasteiger partial charge >= 0.3 is 5.69 Å². The van der Waals surface area contributed by atoms with E-state index in [1.807, 2.05) is 0 Å². The fourth-order valence-electron chi connectivity index (χ4n) is 3.43. The van der Waals surface area contributed by atoms with Gasteiger partial charge in [-0.2, -0.15) is 0 Å². The Balaban J connectivity index is 1.97.